The third kappa shape index (κ3) is 2.74. The van der Waals surface area contributed by atoms with E-state index in [0.29, 0.717) is 10.7 Å². The second-order valence-electron chi connectivity index (χ2n) is 3.71. The van der Waals surface area contributed by atoms with Crippen molar-refractivity contribution in [2.24, 2.45) is 0 Å². The molecule has 5 nitrogen and oxygen atoms in total. The number of aryl methyl sites for hydroxylation is 1. The van der Waals surface area contributed by atoms with E-state index in [0.717, 1.165) is 11.5 Å². The molecule has 1 aromatic heterocycles. The van der Waals surface area contributed by atoms with E-state index in [1.54, 1.807) is 31.2 Å². The molecule has 0 unspecified atom stereocenters. The Balaban J connectivity index is 2.30. The van der Waals surface area contributed by atoms with Gasteiger partial charge < -0.3 is 10.4 Å². The fourth-order valence-corrected chi connectivity index (χ4v) is 2.53. The molecule has 2 N–H and O–H groups in total. The molecule has 0 radical (unpaired) electrons. The van der Waals surface area contributed by atoms with Gasteiger partial charge in [-0.1, -0.05) is 23.7 Å². The summed E-state index contributed by atoms with van der Waals surface area (Å²) in [5.74, 6) is -1.59. The van der Waals surface area contributed by atoms with Crippen LogP contribution in [-0.4, -0.2) is 21.4 Å². The number of nitrogens with one attached hydrogen (secondary N) is 1. The predicted molar refractivity (Wildman–Crippen MR) is 73.2 cm³/mol. The average molecular weight is 297 g/mol. The van der Waals surface area contributed by atoms with Crippen LogP contribution in [0.25, 0.3) is 0 Å². The Bertz CT molecular complexity index is 654. The number of hydrogen-bond acceptors (Lipinski definition) is 4. The summed E-state index contributed by atoms with van der Waals surface area (Å²) in [5, 5.41) is 12.1. The average Bonchev–Trinajstić information content (AvgIpc) is 2.70. The Morgan fingerprint density at radius 2 is 2.05 bits per heavy atom. The van der Waals surface area contributed by atoms with Crippen molar-refractivity contribution in [2.75, 3.05) is 5.32 Å². The highest BCUT2D eigenvalue weighted by molar-refractivity contribution is 7.11. The molecular weight excluding hydrogens is 288 g/mol. The van der Waals surface area contributed by atoms with Crippen LogP contribution in [0.5, 0.6) is 0 Å². The van der Waals surface area contributed by atoms with Crippen molar-refractivity contribution in [1.29, 1.82) is 0 Å². The summed E-state index contributed by atoms with van der Waals surface area (Å²) in [6.45, 7) is 1.57. The normalized spacial score (nSPS) is 10.2. The zero-order valence-corrected chi connectivity index (χ0v) is 11.4. The molecule has 7 heteroatoms. The van der Waals surface area contributed by atoms with Crippen LogP contribution in [0.2, 0.25) is 5.02 Å². The Morgan fingerprint density at radius 1 is 1.37 bits per heavy atom. The van der Waals surface area contributed by atoms with Crippen LogP contribution in [0.3, 0.4) is 0 Å². The first kappa shape index (κ1) is 13.5. The molecule has 0 fully saturated rings. The van der Waals surface area contributed by atoms with Crippen molar-refractivity contribution < 1.29 is 14.7 Å². The van der Waals surface area contributed by atoms with Gasteiger partial charge in [0.1, 0.15) is 10.6 Å². The molecule has 0 atom stereocenters. The largest absolute Gasteiger partial charge is 0.478 e. The number of carboxylic acid groups (broad SMARTS) is 1. The van der Waals surface area contributed by atoms with Crippen LogP contribution < -0.4 is 5.32 Å². The summed E-state index contributed by atoms with van der Waals surface area (Å²) in [6, 6.07) is 6.54. The third-order valence-corrected chi connectivity index (χ3v) is 3.61. The van der Waals surface area contributed by atoms with Gasteiger partial charge in [0.25, 0.3) is 5.91 Å². The highest BCUT2D eigenvalue weighted by Crippen LogP contribution is 2.26. The number of amides is 1. The molecule has 19 heavy (non-hydrogen) atoms. The van der Waals surface area contributed by atoms with Crippen molar-refractivity contribution in [3.63, 3.8) is 0 Å². The summed E-state index contributed by atoms with van der Waals surface area (Å²) in [5.41, 5.74) is 0.656. The molecule has 1 heterocycles. The van der Waals surface area contributed by atoms with Crippen LogP contribution >= 0.6 is 23.1 Å². The van der Waals surface area contributed by atoms with Gasteiger partial charge in [-0.3, -0.25) is 4.79 Å². The van der Waals surface area contributed by atoms with E-state index in [1.165, 1.54) is 0 Å². The molecule has 0 spiro atoms. The second kappa shape index (κ2) is 5.38. The van der Waals surface area contributed by atoms with Crippen LogP contribution in [0.4, 0.5) is 5.00 Å². The molecule has 0 bridgehead atoms. The lowest BCUT2D eigenvalue weighted by Crippen LogP contribution is -2.14. The number of carbonyl (C=O) groups is 2. The van der Waals surface area contributed by atoms with Gasteiger partial charge in [0.2, 0.25) is 0 Å². The maximum atomic E-state index is 12.0. The van der Waals surface area contributed by atoms with E-state index < -0.39 is 11.9 Å². The zero-order chi connectivity index (χ0) is 14.0. The molecule has 0 saturated heterocycles. The standard InChI is InChI=1S/C12H9ClN2O3S/c1-6-9(12(17)18)11(19-15-6)14-10(16)7-4-2-3-5-8(7)13/h2-5H,1H3,(H,14,16)(H,17,18). The van der Waals surface area contributed by atoms with Gasteiger partial charge in [0.05, 0.1) is 16.3 Å². The maximum Gasteiger partial charge on any atom is 0.340 e. The summed E-state index contributed by atoms with van der Waals surface area (Å²) >= 11 is 6.83. The number of nitrogens with zero attached hydrogens (tertiary/aromatic N) is 1. The van der Waals surface area contributed by atoms with E-state index in [9.17, 15) is 9.59 Å². The topological polar surface area (TPSA) is 79.3 Å². The Kier molecular flexibility index (Phi) is 3.82. The van der Waals surface area contributed by atoms with Crippen molar-refractivity contribution in [1.82, 2.24) is 4.37 Å². The zero-order valence-electron chi connectivity index (χ0n) is 9.81. The summed E-state index contributed by atoms with van der Waals surface area (Å²) in [6.07, 6.45) is 0. The van der Waals surface area contributed by atoms with Crippen LogP contribution in [-0.2, 0) is 0 Å². The van der Waals surface area contributed by atoms with Crippen molar-refractivity contribution in [3.8, 4) is 0 Å². The maximum absolute atomic E-state index is 12.0. The number of aromatic nitrogens is 1. The molecule has 1 aromatic carbocycles. The van der Waals surface area contributed by atoms with E-state index in [-0.39, 0.29) is 16.1 Å². The fraction of sp³-hybridized carbons (Fsp3) is 0.0833. The van der Waals surface area contributed by atoms with Gasteiger partial charge in [0, 0.05) is 0 Å². The molecule has 2 rings (SSSR count). The number of carboxylic acids is 1. The number of carbonyl (C=O) groups excluding carboxylic acids is 1. The van der Waals surface area contributed by atoms with Crippen molar-refractivity contribution in [2.45, 2.75) is 6.92 Å². The molecule has 0 aliphatic rings. The van der Waals surface area contributed by atoms with Gasteiger partial charge in [-0.05, 0) is 30.6 Å². The fourth-order valence-electron chi connectivity index (χ4n) is 1.52. The number of anilines is 1. The van der Waals surface area contributed by atoms with Crippen LogP contribution in [0, 0.1) is 6.92 Å². The van der Waals surface area contributed by atoms with Crippen LogP contribution in [0.15, 0.2) is 24.3 Å². The van der Waals surface area contributed by atoms with Gasteiger partial charge in [-0.15, -0.1) is 0 Å². The highest BCUT2D eigenvalue weighted by Gasteiger charge is 2.20. The monoisotopic (exact) mass is 296 g/mol. The van der Waals surface area contributed by atoms with E-state index in [2.05, 4.69) is 9.69 Å². The minimum absolute atomic E-state index is 0.00500. The van der Waals surface area contributed by atoms with E-state index in [1.807, 2.05) is 0 Å². The SMILES string of the molecule is Cc1nsc(NC(=O)c2ccccc2Cl)c1C(=O)O. The lowest BCUT2D eigenvalue weighted by atomic mass is 10.2. The minimum Gasteiger partial charge on any atom is -0.478 e. The second-order valence-corrected chi connectivity index (χ2v) is 4.89. The number of hydrogen-bond donors (Lipinski definition) is 2. The summed E-state index contributed by atoms with van der Waals surface area (Å²) in [7, 11) is 0. The molecule has 2 aromatic rings. The quantitative estimate of drug-likeness (QED) is 0.912. The molecule has 1 amide bonds. The van der Waals surface area contributed by atoms with Gasteiger partial charge in [0.15, 0.2) is 0 Å². The molecule has 98 valence electrons. The highest BCUT2D eigenvalue weighted by atomic mass is 35.5. The van der Waals surface area contributed by atoms with Crippen LogP contribution in [0.1, 0.15) is 26.4 Å². The Hall–Kier alpha value is -1.92. The smallest absolute Gasteiger partial charge is 0.340 e. The predicted octanol–water partition coefficient (Wildman–Crippen LogP) is 3.06. The van der Waals surface area contributed by atoms with E-state index >= 15 is 0 Å². The van der Waals surface area contributed by atoms with E-state index in [4.69, 9.17) is 16.7 Å². The summed E-state index contributed by atoms with van der Waals surface area (Å²) < 4.78 is 3.92. The lowest BCUT2D eigenvalue weighted by molar-refractivity contribution is 0.0697. The summed E-state index contributed by atoms with van der Waals surface area (Å²) in [4.78, 5) is 23.1. The minimum atomic E-state index is -1.12. The number of aromatic carboxylic acids is 1. The number of benzene rings is 1. The molecule has 0 aliphatic heterocycles. The molecular formula is C12H9ClN2O3S. The number of rotatable bonds is 3. The molecule has 0 aliphatic carbocycles. The van der Waals surface area contributed by atoms with Gasteiger partial charge in [-0.25, -0.2) is 4.79 Å². The third-order valence-electron chi connectivity index (χ3n) is 2.42. The van der Waals surface area contributed by atoms with Crippen molar-refractivity contribution in [3.05, 3.63) is 46.1 Å². The lowest BCUT2D eigenvalue weighted by Gasteiger charge is -2.05. The van der Waals surface area contributed by atoms with Gasteiger partial charge in [-0.2, -0.15) is 4.37 Å². The first-order valence-corrected chi connectivity index (χ1v) is 6.41. The number of halogens is 1. The van der Waals surface area contributed by atoms with Crippen molar-refractivity contribution >= 4 is 40.0 Å². The van der Waals surface area contributed by atoms with Gasteiger partial charge >= 0.3 is 5.97 Å². The Morgan fingerprint density at radius 3 is 2.68 bits per heavy atom. The first-order chi connectivity index (χ1) is 9.00. The first-order valence-electron chi connectivity index (χ1n) is 5.26. The molecule has 0 saturated carbocycles. The Labute approximate surface area is 118 Å².